The van der Waals surface area contributed by atoms with E-state index < -0.39 is 0 Å². The van der Waals surface area contributed by atoms with Gasteiger partial charge in [-0.2, -0.15) is 0 Å². The van der Waals surface area contributed by atoms with Crippen LogP contribution in [0.4, 0.5) is 0 Å². The number of carbonyl (C=O) groups is 1. The summed E-state index contributed by atoms with van der Waals surface area (Å²) < 4.78 is 0. The second kappa shape index (κ2) is 5.00. The Balaban J connectivity index is 2.62. The van der Waals surface area contributed by atoms with E-state index in [1.54, 1.807) is 0 Å². The maximum absolute atomic E-state index is 11.1. The zero-order chi connectivity index (χ0) is 12.3. The summed E-state index contributed by atoms with van der Waals surface area (Å²) in [6.45, 7) is 2.11. The molecule has 0 radical (unpaired) electrons. The fourth-order valence-corrected chi connectivity index (χ4v) is 2.10. The van der Waals surface area contributed by atoms with Crippen LogP contribution < -0.4 is 0 Å². The van der Waals surface area contributed by atoms with Crippen LogP contribution >= 0.6 is 0 Å². The van der Waals surface area contributed by atoms with Crippen molar-refractivity contribution in [2.24, 2.45) is 0 Å². The van der Waals surface area contributed by atoms with Gasteiger partial charge in [0, 0.05) is 0 Å². The van der Waals surface area contributed by atoms with Gasteiger partial charge in [0.2, 0.25) is 0 Å². The number of fused-ring (bicyclic) bond motifs is 1. The van der Waals surface area contributed by atoms with Crippen molar-refractivity contribution in [3.63, 3.8) is 0 Å². The van der Waals surface area contributed by atoms with Crippen LogP contribution in [0.25, 0.3) is 10.8 Å². The second-order valence-corrected chi connectivity index (χ2v) is 4.24. The molecular weight excluding hydrogens is 212 g/mol. The molecule has 0 heterocycles. The van der Waals surface area contributed by atoms with Crippen molar-refractivity contribution in [3.05, 3.63) is 41.5 Å². The minimum Gasteiger partial charge on any atom is -0.507 e. The summed E-state index contributed by atoms with van der Waals surface area (Å²) in [5.41, 5.74) is 1.28. The summed E-state index contributed by atoms with van der Waals surface area (Å²) in [7, 11) is 0. The monoisotopic (exact) mass is 228 g/mol. The molecule has 0 unspecified atom stereocenters. The molecule has 2 rings (SSSR count). The first-order valence-corrected chi connectivity index (χ1v) is 5.96. The highest BCUT2D eigenvalue weighted by molar-refractivity contribution is 6.01. The lowest BCUT2D eigenvalue weighted by Gasteiger charge is -2.09. The minimum atomic E-state index is 0.146. The van der Waals surface area contributed by atoms with E-state index in [0.717, 1.165) is 41.9 Å². The number of aldehydes is 1. The van der Waals surface area contributed by atoms with Gasteiger partial charge in [0.1, 0.15) is 5.75 Å². The molecule has 0 fully saturated rings. The summed E-state index contributed by atoms with van der Waals surface area (Å²) in [5.74, 6) is 0.146. The van der Waals surface area contributed by atoms with Gasteiger partial charge in [-0.1, -0.05) is 37.6 Å². The molecule has 0 aliphatic carbocycles. The first-order chi connectivity index (χ1) is 8.27. The fraction of sp³-hybridized carbons (Fsp3) is 0.267. The van der Waals surface area contributed by atoms with Crippen LogP contribution in [-0.2, 0) is 6.42 Å². The van der Waals surface area contributed by atoms with E-state index in [1.807, 2.05) is 30.3 Å². The zero-order valence-corrected chi connectivity index (χ0v) is 9.94. The third-order valence-corrected chi connectivity index (χ3v) is 3.06. The summed E-state index contributed by atoms with van der Waals surface area (Å²) >= 11 is 0. The van der Waals surface area contributed by atoms with Crippen LogP contribution in [0.3, 0.4) is 0 Å². The third-order valence-electron chi connectivity index (χ3n) is 3.06. The lowest BCUT2D eigenvalue weighted by Crippen LogP contribution is -1.92. The summed E-state index contributed by atoms with van der Waals surface area (Å²) in [6, 6.07) is 9.63. The topological polar surface area (TPSA) is 37.3 Å². The van der Waals surface area contributed by atoms with Gasteiger partial charge in [0.15, 0.2) is 6.29 Å². The number of rotatable bonds is 4. The van der Waals surface area contributed by atoms with Crippen LogP contribution in [0.15, 0.2) is 30.3 Å². The highest BCUT2D eigenvalue weighted by Gasteiger charge is 2.11. The molecule has 88 valence electrons. The summed E-state index contributed by atoms with van der Waals surface area (Å²) in [4.78, 5) is 11.1. The number of phenols is 1. The molecule has 0 bridgehead atoms. The molecule has 2 aromatic carbocycles. The molecule has 0 saturated heterocycles. The van der Waals surface area contributed by atoms with E-state index in [0.29, 0.717) is 5.56 Å². The second-order valence-electron chi connectivity index (χ2n) is 4.24. The Morgan fingerprint density at radius 3 is 2.76 bits per heavy atom. The van der Waals surface area contributed by atoms with Gasteiger partial charge >= 0.3 is 0 Å². The number of carbonyl (C=O) groups excluding carboxylic acids is 1. The van der Waals surface area contributed by atoms with E-state index in [9.17, 15) is 9.90 Å². The zero-order valence-electron chi connectivity index (χ0n) is 9.94. The Morgan fingerprint density at radius 2 is 2.06 bits per heavy atom. The van der Waals surface area contributed by atoms with E-state index >= 15 is 0 Å². The van der Waals surface area contributed by atoms with Crippen molar-refractivity contribution >= 4 is 17.1 Å². The maximum Gasteiger partial charge on any atom is 0.154 e. The van der Waals surface area contributed by atoms with Gasteiger partial charge < -0.3 is 5.11 Å². The highest BCUT2D eigenvalue weighted by Crippen LogP contribution is 2.30. The molecule has 0 aliphatic rings. The Bertz CT molecular complexity index is 544. The Kier molecular flexibility index (Phi) is 3.43. The molecule has 2 heteroatoms. The summed E-state index contributed by atoms with van der Waals surface area (Å²) in [6.07, 6.45) is 3.65. The molecule has 0 aromatic heterocycles. The van der Waals surface area contributed by atoms with Crippen molar-refractivity contribution in [3.8, 4) is 5.75 Å². The average molecular weight is 228 g/mol. The van der Waals surface area contributed by atoms with Crippen molar-refractivity contribution < 1.29 is 9.90 Å². The molecule has 2 nitrogen and oxygen atoms in total. The van der Waals surface area contributed by atoms with Crippen molar-refractivity contribution in [1.82, 2.24) is 0 Å². The standard InChI is InChI=1S/C15H16O2/c1-2-3-6-12-9-11-7-4-5-8-13(11)14(10-16)15(12)17/h4-5,7-10,17H,2-3,6H2,1H3. The Morgan fingerprint density at radius 1 is 1.29 bits per heavy atom. The van der Waals surface area contributed by atoms with E-state index in [2.05, 4.69) is 6.92 Å². The molecule has 0 spiro atoms. The van der Waals surface area contributed by atoms with E-state index in [4.69, 9.17) is 0 Å². The third kappa shape index (κ3) is 2.16. The highest BCUT2D eigenvalue weighted by atomic mass is 16.3. The smallest absolute Gasteiger partial charge is 0.154 e. The Hall–Kier alpha value is -1.83. The predicted octanol–water partition coefficient (Wildman–Crippen LogP) is 3.70. The molecule has 17 heavy (non-hydrogen) atoms. The normalized spacial score (nSPS) is 10.6. The fourth-order valence-electron chi connectivity index (χ4n) is 2.10. The number of aryl methyl sites for hydroxylation is 1. The van der Waals surface area contributed by atoms with Gasteiger partial charge in [-0.15, -0.1) is 0 Å². The van der Waals surface area contributed by atoms with Gasteiger partial charge in [0.25, 0.3) is 0 Å². The number of unbranched alkanes of at least 4 members (excludes halogenated alkanes) is 1. The van der Waals surface area contributed by atoms with Gasteiger partial charge in [0.05, 0.1) is 5.56 Å². The lowest BCUT2D eigenvalue weighted by molar-refractivity contribution is 0.112. The van der Waals surface area contributed by atoms with Gasteiger partial charge in [-0.25, -0.2) is 0 Å². The SMILES string of the molecule is CCCCc1cc2ccccc2c(C=O)c1O. The maximum atomic E-state index is 11.1. The first-order valence-electron chi connectivity index (χ1n) is 5.96. The molecule has 0 amide bonds. The number of hydrogen-bond acceptors (Lipinski definition) is 2. The van der Waals surface area contributed by atoms with Gasteiger partial charge in [-0.05, 0) is 35.2 Å². The van der Waals surface area contributed by atoms with Crippen molar-refractivity contribution in [2.45, 2.75) is 26.2 Å². The number of aromatic hydroxyl groups is 1. The molecule has 0 aliphatic heterocycles. The predicted molar refractivity (Wildman–Crippen MR) is 69.6 cm³/mol. The largest absolute Gasteiger partial charge is 0.507 e. The van der Waals surface area contributed by atoms with Crippen molar-refractivity contribution in [2.75, 3.05) is 0 Å². The minimum absolute atomic E-state index is 0.146. The van der Waals surface area contributed by atoms with Crippen LogP contribution in [0.5, 0.6) is 5.75 Å². The lowest BCUT2D eigenvalue weighted by atomic mass is 9.97. The molecule has 2 aromatic rings. The van der Waals surface area contributed by atoms with Crippen LogP contribution in [0, 0.1) is 0 Å². The van der Waals surface area contributed by atoms with Crippen LogP contribution in [0.1, 0.15) is 35.7 Å². The molecule has 0 atom stereocenters. The van der Waals surface area contributed by atoms with E-state index in [1.165, 1.54) is 0 Å². The first kappa shape index (κ1) is 11.6. The average Bonchev–Trinajstić information content (AvgIpc) is 2.36. The molecular formula is C15H16O2. The van der Waals surface area contributed by atoms with E-state index in [-0.39, 0.29) is 5.75 Å². The quantitative estimate of drug-likeness (QED) is 0.810. The number of benzene rings is 2. The molecule has 1 N–H and O–H groups in total. The van der Waals surface area contributed by atoms with Crippen LogP contribution in [0.2, 0.25) is 0 Å². The van der Waals surface area contributed by atoms with Crippen LogP contribution in [-0.4, -0.2) is 11.4 Å². The molecule has 0 saturated carbocycles. The Labute approximate surface area is 101 Å². The summed E-state index contributed by atoms with van der Waals surface area (Å²) in [5, 5.41) is 11.9. The van der Waals surface area contributed by atoms with Gasteiger partial charge in [-0.3, -0.25) is 4.79 Å². The van der Waals surface area contributed by atoms with Crippen molar-refractivity contribution in [1.29, 1.82) is 0 Å². The number of phenolic OH excluding ortho intramolecular Hbond substituents is 1. The number of hydrogen-bond donors (Lipinski definition) is 1.